The number of anilines is 2. The second kappa shape index (κ2) is 29.3. The van der Waals surface area contributed by atoms with Gasteiger partial charge in [-0.05, 0) is 106 Å². The maximum absolute atomic E-state index is 13.6. The number of alkyl halides is 6. The Morgan fingerprint density at radius 2 is 1.01 bits per heavy atom. The number of carbonyl (C=O) groups excluding carboxylic acids is 4. The molecule has 7 rings (SSSR count). The van der Waals surface area contributed by atoms with Crippen LogP contribution in [0.5, 0.6) is 0 Å². The molecule has 5 heterocycles. The third-order valence-corrected chi connectivity index (χ3v) is 15.1. The molecular weight excluding hydrogens is 1160 g/mol. The van der Waals surface area contributed by atoms with E-state index >= 15 is 0 Å². The predicted molar refractivity (Wildman–Crippen MR) is 279 cm³/mol. The van der Waals surface area contributed by atoms with Gasteiger partial charge in [-0.25, -0.2) is 77.0 Å². The highest BCUT2D eigenvalue weighted by Gasteiger charge is 2.34. The number of piperidine rings is 2. The van der Waals surface area contributed by atoms with Gasteiger partial charge in [0.25, 0.3) is 39.3 Å². The number of carboxylic acid groups (broad SMARTS) is 1. The van der Waals surface area contributed by atoms with E-state index in [1.807, 2.05) is 33.7 Å². The van der Waals surface area contributed by atoms with Crippen molar-refractivity contribution in [3.63, 3.8) is 0 Å². The molecule has 3 aromatic heterocycles. The van der Waals surface area contributed by atoms with Gasteiger partial charge in [0, 0.05) is 44.2 Å². The fourth-order valence-corrected chi connectivity index (χ4v) is 10.4. The van der Waals surface area contributed by atoms with Crippen LogP contribution in [0.3, 0.4) is 0 Å². The van der Waals surface area contributed by atoms with Crippen LogP contribution in [0.4, 0.5) is 38.0 Å². The number of carboxylic acids is 1. The first-order chi connectivity index (χ1) is 39.8. The molecule has 2 saturated heterocycles. The Labute approximate surface area is 475 Å². The van der Waals surface area contributed by atoms with Crippen molar-refractivity contribution in [2.24, 2.45) is 11.8 Å². The average molecular weight is 1210 g/mol. The lowest BCUT2D eigenvalue weighted by Gasteiger charge is -2.33. The smallest absolute Gasteiger partial charge is 0.340 e. The Morgan fingerprint density at radius 1 is 0.583 bits per heavy atom. The van der Waals surface area contributed by atoms with E-state index in [1.165, 1.54) is 72.2 Å². The van der Waals surface area contributed by atoms with E-state index < -0.39 is 115 Å². The van der Waals surface area contributed by atoms with Gasteiger partial charge in [-0.2, -0.15) is 21.0 Å². The van der Waals surface area contributed by atoms with Gasteiger partial charge in [0.15, 0.2) is 0 Å². The van der Waals surface area contributed by atoms with E-state index in [-0.39, 0.29) is 109 Å². The van der Waals surface area contributed by atoms with E-state index in [4.69, 9.17) is 25.1 Å². The lowest BCUT2D eigenvalue weighted by Crippen LogP contribution is -2.43. The van der Waals surface area contributed by atoms with Crippen LogP contribution in [0.15, 0.2) is 88.8 Å². The molecule has 2 amide bonds. The molecule has 0 bridgehead atoms. The molecule has 5 aromatic rings. The molecule has 84 heavy (non-hydrogen) atoms. The fraction of sp³-hybridized carbons (Fsp3) is 0.321. The molecule has 2 aliphatic heterocycles. The highest BCUT2D eigenvalue weighted by molar-refractivity contribution is 7.90. The maximum atomic E-state index is 13.6. The Morgan fingerprint density at radius 3 is 1.38 bits per heavy atom. The minimum atomic E-state index is -4.20. The number of nitrogens with zero attached hydrogens (tertiary/aromatic N) is 9. The van der Waals surface area contributed by atoms with Crippen molar-refractivity contribution < 1.29 is 81.7 Å². The average Bonchev–Trinajstić information content (AvgIpc) is 3.67. The summed E-state index contributed by atoms with van der Waals surface area (Å²) in [4.78, 5) is 73.5. The Balaban J connectivity index is 0.000000257. The summed E-state index contributed by atoms with van der Waals surface area (Å²) in [7, 11) is -8.35. The highest BCUT2D eigenvalue weighted by atomic mass is 32.2. The molecule has 31 heteroatoms. The number of nitrogens with one attached hydrogen (secondary N) is 2. The summed E-state index contributed by atoms with van der Waals surface area (Å²) in [6.45, 7) is 3.49. The molecule has 2 aromatic carbocycles. The molecule has 0 spiro atoms. The largest absolute Gasteiger partial charge is 0.478 e. The van der Waals surface area contributed by atoms with E-state index in [1.54, 1.807) is 0 Å². The number of aromatic nitrogens is 3. The molecule has 0 radical (unpaired) electrons. The van der Waals surface area contributed by atoms with Gasteiger partial charge in [0.2, 0.25) is 11.8 Å². The van der Waals surface area contributed by atoms with Crippen molar-refractivity contribution in [2.45, 2.75) is 68.6 Å². The summed E-state index contributed by atoms with van der Waals surface area (Å²) >= 11 is 0. The quantitative estimate of drug-likeness (QED) is 0.0658. The summed E-state index contributed by atoms with van der Waals surface area (Å²) in [6, 6.07) is 22.1. The van der Waals surface area contributed by atoms with Crippen molar-refractivity contribution in [3.8, 4) is 24.3 Å². The Hall–Kier alpha value is -9.72. The molecule has 2 fully saturated rings. The number of aromatic carboxylic acids is 1. The molecule has 0 saturated carbocycles. The van der Waals surface area contributed by atoms with Crippen molar-refractivity contribution in [2.75, 3.05) is 49.2 Å². The molecule has 0 atom stereocenters. The monoisotopic (exact) mass is 1210 g/mol. The van der Waals surface area contributed by atoms with Crippen LogP contribution in [-0.2, 0) is 39.1 Å². The topological polar surface area (TPSA) is 357 Å². The van der Waals surface area contributed by atoms with E-state index in [9.17, 15) is 77.7 Å². The number of sulfonamides is 2. The lowest BCUT2D eigenvalue weighted by atomic mass is 9.96. The number of benzene rings is 2. The van der Waals surface area contributed by atoms with E-state index in [2.05, 4.69) is 15.0 Å². The zero-order valence-corrected chi connectivity index (χ0v) is 45.6. The summed E-state index contributed by atoms with van der Waals surface area (Å²) in [5.41, 5.74) is -3.57. The number of halogens is 6. The summed E-state index contributed by atoms with van der Waals surface area (Å²) in [6.07, 6.45) is -7.23. The van der Waals surface area contributed by atoms with Gasteiger partial charge >= 0.3 is 17.9 Å². The van der Waals surface area contributed by atoms with Crippen molar-refractivity contribution in [3.05, 3.63) is 135 Å². The van der Waals surface area contributed by atoms with E-state index in [0.29, 0.717) is 0 Å². The molecular formula is C53H47F6N11O12S2. The van der Waals surface area contributed by atoms with Gasteiger partial charge in [-0.1, -0.05) is 6.07 Å². The van der Waals surface area contributed by atoms with Crippen LogP contribution < -0.4 is 19.2 Å². The first-order valence-electron chi connectivity index (χ1n) is 24.7. The minimum Gasteiger partial charge on any atom is -0.478 e. The summed E-state index contributed by atoms with van der Waals surface area (Å²) < 4.78 is 142. The minimum absolute atomic E-state index is 0.0401. The number of ether oxygens (including phenoxy) is 2. The SMILES string of the molecule is CCOC(=O)c1cc(C#N)c(N2CCC(C(=O)NS(=O)(=O)c3ccc(C#N)cc3)CC2)nc1C(F)F.CCOC(=O)c1cc(C#N)c(N2CCC(C(=O)NS(=O)(=O)c3cccc(C#N)c3)CC2)nc1C(F)F.O=C(O)c1cccnc1C(F)F. The molecule has 23 nitrogen and oxygen atoms in total. The van der Waals surface area contributed by atoms with Gasteiger partial charge < -0.3 is 24.4 Å². The highest BCUT2D eigenvalue weighted by Crippen LogP contribution is 2.33. The predicted octanol–water partition coefficient (Wildman–Crippen LogP) is 7.04. The van der Waals surface area contributed by atoms with Crippen molar-refractivity contribution in [1.82, 2.24) is 24.4 Å². The molecule has 0 unspecified atom stereocenters. The molecule has 2 aliphatic rings. The third kappa shape index (κ3) is 16.5. The number of rotatable bonds is 16. The second-order valence-corrected chi connectivity index (χ2v) is 21.0. The first kappa shape index (κ1) is 65.1. The number of nitriles is 4. The van der Waals surface area contributed by atoms with Crippen LogP contribution in [0.2, 0.25) is 0 Å². The number of hydrogen-bond donors (Lipinski definition) is 3. The van der Waals surface area contributed by atoms with Gasteiger partial charge in [0.05, 0.1) is 74.1 Å². The normalized spacial score (nSPS) is 13.6. The van der Waals surface area contributed by atoms with Crippen molar-refractivity contribution in [1.29, 1.82) is 21.0 Å². The molecule has 0 aliphatic carbocycles. The number of carbonyl (C=O) groups is 5. The molecule has 3 N–H and O–H groups in total. The lowest BCUT2D eigenvalue weighted by molar-refractivity contribution is -0.124. The second-order valence-electron chi connectivity index (χ2n) is 17.6. The maximum Gasteiger partial charge on any atom is 0.340 e. The van der Waals surface area contributed by atoms with Gasteiger partial charge in [-0.15, -0.1) is 0 Å². The summed E-state index contributed by atoms with van der Waals surface area (Å²) in [5, 5.41) is 45.3. The van der Waals surface area contributed by atoms with Crippen LogP contribution >= 0.6 is 0 Å². The fourth-order valence-electron chi connectivity index (χ4n) is 8.23. The molecule has 440 valence electrons. The van der Waals surface area contributed by atoms with Crippen LogP contribution in [-0.4, -0.2) is 106 Å². The third-order valence-electron chi connectivity index (χ3n) is 12.4. The number of esters is 2. The number of hydrogen-bond acceptors (Lipinski definition) is 20. The Bertz CT molecular complexity index is 3690. The zero-order chi connectivity index (χ0) is 62.1. The summed E-state index contributed by atoms with van der Waals surface area (Å²) in [5.74, 6) is -6.37. The first-order valence-corrected chi connectivity index (χ1v) is 27.7. The number of pyridine rings is 3. The standard InChI is InChI=1S/2C23H21F2N5O5S.C7H5F2NO2/c1-2-35-23(32)18-11-16(13-27)21(28-19(18)20(24)25)30-9-7-15(8-10-30)22(31)29-36(33,34)17-5-3-14(12-26)4-6-17;1-2-35-23(32)18-11-16(13-27)21(28-19(18)20(24)25)30-8-6-15(7-9-30)22(31)29-36(33,34)17-5-3-4-14(10-17)12-26;8-6(9)5-4(7(11)12)2-1-3-10-5/h3-6,11,15,20H,2,7-10H2,1H3,(H,29,31);3-5,10-11,15,20H,2,6-9H2,1H3,(H,29,31);1-3,6H,(H,11,12). The van der Waals surface area contributed by atoms with Crippen LogP contribution in [0.25, 0.3) is 0 Å². The van der Waals surface area contributed by atoms with Gasteiger partial charge in [-0.3, -0.25) is 14.6 Å². The van der Waals surface area contributed by atoms with Crippen molar-refractivity contribution >= 4 is 61.4 Å². The van der Waals surface area contributed by atoms with Crippen LogP contribution in [0.1, 0.15) is 129 Å². The van der Waals surface area contributed by atoms with Crippen LogP contribution in [0, 0.1) is 57.2 Å². The Kier molecular flexibility index (Phi) is 22.7. The van der Waals surface area contributed by atoms with Gasteiger partial charge in [0.1, 0.15) is 40.9 Å². The van der Waals surface area contributed by atoms with E-state index in [0.717, 1.165) is 30.5 Å². The zero-order valence-electron chi connectivity index (χ0n) is 44.0. The number of amides is 2.